The van der Waals surface area contributed by atoms with Crippen molar-refractivity contribution in [3.63, 3.8) is 0 Å². The topological polar surface area (TPSA) is 55.1 Å². The highest BCUT2D eigenvalue weighted by molar-refractivity contribution is 7.13. The molecule has 0 aliphatic heterocycles. The van der Waals surface area contributed by atoms with Gasteiger partial charge in [-0.3, -0.25) is 4.79 Å². The SMILES string of the molecule is CCn1c(C2CC2)c(-c2nc(CC(=O)O)cs2)c2ccccc21. The zero-order valence-electron chi connectivity index (χ0n) is 13.0. The van der Waals surface area contributed by atoms with Crippen molar-refractivity contribution < 1.29 is 9.90 Å². The third-order valence-corrected chi connectivity index (χ3v) is 5.30. The Hall–Kier alpha value is -2.14. The van der Waals surface area contributed by atoms with Gasteiger partial charge in [0, 0.05) is 34.1 Å². The van der Waals surface area contributed by atoms with E-state index in [-0.39, 0.29) is 6.42 Å². The molecule has 1 aromatic carbocycles. The van der Waals surface area contributed by atoms with Crippen molar-refractivity contribution in [2.75, 3.05) is 0 Å². The van der Waals surface area contributed by atoms with Crippen LogP contribution in [0.25, 0.3) is 21.5 Å². The number of aliphatic carboxylic acids is 1. The molecule has 4 rings (SSSR count). The van der Waals surface area contributed by atoms with Crippen LogP contribution in [0.15, 0.2) is 29.6 Å². The summed E-state index contributed by atoms with van der Waals surface area (Å²) >= 11 is 1.55. The van der Waals surface area contributed by atoms with Gasteiger partial charge in [0.25, 0.3) is 0 Å². The average Bonchev–Trinajstić information content (AvgIpc) is 3.18. The van der Waals surface area contributed by atoms with E-state index in [0.717, 1.165) is 11.6 Å². The van der Waals surface area contributed by atoms with Crippen molar-refractivity contribution in [3.05, 3.63) is 41.0 Å². The third kappa shape index (κ3) is 2.45. The Kier molecular flexibility index (Phi) is 3.45. The lowest BCUT2D eigenvalue weighted by Gasteiger charge is -2.08. The number of fused-ring (bicyclic) bond motifs is 1. The minimum Gasteiger partial charge on any atom is -0.481 e. The predicted molar refractivity (Wildman–Crippen MR) is 92.0 cm³/mol. The number of carboxylic acid groups (broad SMARTS) is 1. The molecule has 3 aromatic rings. The smallest absolute Gasteiger partial charge is 0.309 e. The molecule has 0 amide bonds. The van der Waals surface area contributed by atoms with Gasteiger partial charge in [0.2, 0.25) is 0 Å². The van der Waals surface area contributed by atoms with E-state index in [9.17, 15) is 4.79 Å². The van der Waals surface area contributed by atoms with E-state index in [1.165, 1.54) is 35.0 Å². The summed E-state index contributed by atoms with van der Waals surface area (Å²) in [4.78, 5) is 15.5. The molecule has 0 unspecified atom stereocenters. The van der Waals surface area contributed by atoms with Crippen LogP contribution in [0.5, 0.6) is 0 Å². The molecular formula is C18H18N2O2S. The lowest BCUT2D eigenvalue weighted by atomic mass is 10.1. The van der Waals surface area contributed by atoms with Crippen LogP contribution < -0.4 is 0 Å². The Balaban J connectivity index is 1.93. The van der Waals surface area contributed by atoms with E-state index in [0.29, 0.717) is 11.6 Å². The molecule has 1 N–H and O–H groups in total. The zero-order chi connectivity index (χ0) is 16.0. The van der Waals surface area contributed by atoms with E-state index < -0.39 is 5.97 Å². The summed E-state index contributed by atoms with van der Waals surface area (Å²) in [5, 5.41) is 13.0. The van der Waals surface area contributed by atoms with E-state index >= 15 is 0 Å². The van der Waals surface area contributed by atoms with Gasteiger partial charge in [0.15, 0.2) is 0 Å². The lowest BCUT2D eigenvalue weighted by Crippen LogP contribution is -2.01. The monoisotopic (exact) mass is 326 g/mol. The van der Waals surface area contributed by atoms with Gasteiger partial charge in [-0.25, -0.2) is 4.98 Å². The highest BCUT2D eigenvalue weighted by Crippen LogP contribution is 2.48. The number of carboxylic acids is 1. The van der Waals surface area contributed by atoms with Gasteiger partial charge in [-0.05, 0) is 31.7 Å². The number of benzene rings is 1. The summed E-state index contributed by atoms with van der Waals surface area (Å²) < 4.78 is 2.40. The molecule has 5 heteroatoms. The molecule has 118 valence electrons. The Bertz CT molecular complexity index is 890. The van der Waals surface area contributed by atoms with Gasteiger partial charge in [-0.1, -0.05) is 18.2 Å². The van der Waals surface area contributed by atoms with Crippen LogP contribution in [0.1, 0.15) is 37.1 Å². The molecule has 0 atom stereocenters. The third-order valence-electron chi connectivity index (χ3n) is 4.39. The number of thiazole rings is 1. The molecule has 4 nitrogen and oxygen atoms in total. The predicted octanol–water partition coefficient (Wildman–Crippen LogP) is 4.29. The summed E-state index contributed by atoms with van der Waals surface area (Å²) in [6, 6.07) is 8.46. The molecule has 1 aliphatic rings. The second kappa shape index (κ2) is 5.49. The fourth-order valence-corrected chi connectivity index (χ4v) is 4.21. The quantitative estimate of drug-likeness (QED) is 0.761. The second-order valence-electron chi connectivity index (χ2n) is 6.01. The summed E-state index contributed by atoms with van der Waals surface area (Å²) in [6.45, 7) is 3.12. The Morgan fingerprint density at radius 1 is 1.39 bits per heavy atom. The fourth-order valence-electron chi connectivity index (χ4n) is 3.33. The molecular weight excluding hydrogens is 308 g/mol. The molecule has 0 bridgehead atoms. The molecule has 23 heavy (non-hydrogen) atoms. The van der Waals surface area contributed by atoms with Crippen molar-refractivity contribution in [1.82, 2.24) is 9.55 Å². The summed E-state index contributed by atoms with van der Waals surface area (Å²) in [5.41, 5.74) is 4.49. The molecule has 2 aromatic heterocycles. The maximum Gasteiger partial charge on any atom is 0.309 e. The Morgan fingerprint density at radius 3 is 2.87 bits per heavy atom. The van der Waals surface area contributed by atoms with Gasteiger partial charge in [-0.2, -0.15) is 0 Å². The summed E-state index contributed by atoms with van der Waals surface area (Å²) in [7, 11) is 0. The van der Waals surface area contributed by atoms with Gasteiger partial charge in [0.1, 0.15) is 5.01 Å². The van der Waals surface area contributed by atoms with Crippen LogP contribution in [0.2, 0.25) is 0 Å². The van der Waals surface area contributed by atoms with Crippen molar-refractivity contribution in [2.45, 2.75) is 38.6 Å². The molecule has 0 radical (unpaired) electrons. The Labute approximate surface area is 138 Å². The van der Waals surface area contributed by atoms with Crippen LogP contribution in [0, 0.1) is 0 Å². The minimum absolute atomic E-state index is 0.0122. The normalized spacial score (nSPS) is 14.5. The number of aryl methyl sites for hydroxylation is 1. The fraction of sp³-hybridized carbons (Fsp3) is 0.333. The number of nitrogens with zero attached hydrogens (tertiary/aromatic N) is 2. The van der Waals surface area contributed by atoms with Gasteiger partial charge >= 0.3 is 5.97 Å². The second-order valence-corrected chi connectivity index (χ2v) is 6.87. The Morgan fingerprint density at radius 2 is 2.17 bits per heavy atom. The van der Waals surface area contributed by atoms with Crippen LogP contribution >= 0.6 is 11.3 Å². The number of hydrogen-bond donors (Lipinski definition) is 1. The van der Waals surface area contributed by atoms with Crippen molar-refractivity contribution in [2.24, 2.45) is 0 Å². The van der Waals surface area contributed by atoms with Crippen molar-refractivity contribution >= 4 is 28.2 Å². The number of hydrogen-bond acceptors (Lipinski definition) is 3. The first-order valence-electron chi connectivity index (χ1n) is 7.96. The van der Waals surface area contributed by atoms with Gasteiger partial charge < -0.3 is 9.67 Å². The maximum atomic E-state index is 10.9. The molecule has 0 saturated heterocycles. The number of rotatable bonds is 5. The molecule has 2 heterocycles. The van der Waals surface area contributed by atoms with Crippen LogP contribution in [-0.2, 0) is 17.8 Å². The maximum absolute atomic E-state index is 10.9. The summed E-state index contributed by atoms with van der Waals surface area (Å²) in [5.74, 6) is -0.218. The summed E-state index contributed by atoms with van der Waals surface area (Å²) in [6.07, 6.45) is 2.45. The van der Waals surface area contributed by atoms with E-state index in [1.807, 2.05) is 5.38 Å². The minimum atomic E-state index is -0.833. The van der Waals surface area contributed by atoms with Crippen molar-refractivity contribution in [1.29, 1.82) is 0 Å². The number of carbonyl (C=O) groups is 1. The van der Waals surface area contributed by atoms with Gasteiger partial charge in [-0.15, -0.1) is 11.3 Å². The molecule has 0 spiro atoms. The highest BCUT2D eigenvalue weighted by atomic mass is 32.1. The molecule has 1 fully saturated rings. The first-order chi connectivity index (χ1) is 11.2. The standard InChI is InChI=1S/C18H18N2O2S/c1-2-20-14-6-4-3-5-13(14)16(17(20)11-7-8-11)18-19-12(10-23-18)9-15(21)22/h3-6,10-11H,2,7-9H2,1H3,(H,21,22). The largest absolute Gasteiger partial charge is 0.481 e. The first kappa shape index (κ1) is 14.5. The number of para-hydroxylation sites is 1. The van der Waals surface area contributed by atoms with Crippen molar-refractivity contribution in [3.8, 4) is 10.6 Å². The zero-order valence-corrected chi connectivity index (χ0v) is 13.8. The van der Waals surface area contributed by atoms with Crippen LogP contribution in [-0.4, -0.2) is 20.6 Å². The average molecular weight is 326 g/mol. The van der Waals surface area contributed by atoms with E-state index in [4.69, 9.17) is 5.11 Å². The molecule has 1 saturated carbocycles. The lowest BCUT2D eigenvalue weighted by molar-refractivity contribution is -0.136. The van der Waals surface area contributed by atoms with Gasteiger partial charge in [0.05, 0.1) is 12.1 Å². The molecule has 1 aliphatic carbocycles. The number of aromatic nitrogens is 2. The van der Waals surface area contributed by atoms with E-state index in [2.05, 4.69) is 40.7 Å². The van der Waals surface area contributed by atoms with Crippen LogP contribution in [0.3, 0.4) is 0 Å². The first-order valence-corrected chi connectivity index (χ1v) is 8.84. The van der Waals surface area contributed by atoms with E-state index in [1.54, 1.807) is 11.3 Å². The van der Waals surface area contributed by atoms with Crippen LogP contribution in [0.4, 0.5) is 0 Å². The highest BCUT2D eigenvalue weighted by Gasteiger charge is 2.32.